The molecule has 5 heteroatoms. The van der Waals surface area contributed by atoms with Crippen LogP contribution in [0.25, 0.3) is 0 Å². The molecule has 2 N–H and O–H groups in total. The number of halogens is 1. The van der Waals surface area contributed by atoms with Crippen LogP contribution in [0.2, 0.25) is 0 Å². The van der Waals surface area contributed by atoms with Crippen molar-refractivity contribution >= 4 is 21.8 Å². The van der Waals surface area contributed by atoms with Crippen molar-refractivity contribution in [2.24, 2.45) is 5.73 Å². The van der Waals surface area contributed by atoms with Crippen molar-refractivity contribution in [1.82, 2.24) is 4.90 Å². The Morgan fingerprint density at radius 3 is 2.79 bits per heavy atom. The first-order chi connectivity index (χ1) is 9.11. The van der Waals surface area contributed by atoms with Crippen LogP contribution in [-0.2, 0) is 11.3 Å². The number of hydrogen-bond acceptors (Lipinski definition) is 3. The van der Waals surface area contributed by atoms with Gasteiger partial charge in [-0.1, -0.05) is 15.9 Å². The Hall–Kier alpha value is -1.07. The van der Waals surface area contributed by atoms with E-state index in [1.54, 1.807) is 6.92 Å². The highest BCUT2D eigenvalue weighted by Gasteiger charge is 2.24. The van der Waals surface area contributed by atoms with Gasteiger partial charge in [-0.25, -0.2) is 0 Å². The highest BCUT2D eigenvalue weighted by atomic mass is 79.9. The number of carbonyl (C=O) groups is 1. The van der Waals surface area contributed by atoms with Crippen molar-refractivity contribution in [3.63, 3.8) is 0 Å². The lowest BCUT2D eigenvalue weighted by Crippen LogP contribution is -2.38. The van der Waals surface area contributed by atoms with Crippen molar-refractivity contribution in [1.29, 1.82) is 0 Å². The lowest BCUT2D eigenvalue weighted by atomic mass is 10.2. The lowest BCUT2D eigenvalue weighted by molar-refractivity contribution is -0.136. The fourth-order valence-electron chi connectivity index (χ4n) is 2.23. The van der Waals surface area contributed by atoms with Gasteiger partial charge in [-0.15, -0.1) is 0 Å². The van der Waals surface area contributed by atoms with Crippen molar-refractivity contribution < 1.29 is 9.53 Å². The molecule has 0 aliphatic carbocycles. The molecule has 0 spiro atoms. The number of carbonyl (C=O) groups excluding carboxylic acids is 1. The molecule has 1 aromatic carbocycles. The third-order valence-corrected chi connectivity index (χ3v) is 4.09. The van der Waals surface area contributed by atoms with E-state index < -0.39 is 6.10 Å². The minimum Gasteiger partial charge on any atom is -0.481 e. The summed E-state index contributed by atoms with van der Waals surface area (Å²) in [5.74, 6) is 0.749. The molecule has 1 aliphatic rings. The van der Waals surface area contributed by atoms with Crippen molar-refractivity contribution in [3.8, 4) is 5.75 Å². The quantitative estimate of drug-likeness (QED) is 0.923. The zero-order chi connectivity index (χ0) is 13.8. The smallest absolute Gasteiger partial charge is 0.263 e. The molecule has 1 atom stereocenters. The van der Waals surface area contributed by atoms with Gasteiger partial charge in [0.1, 0.15) is 5.75 Å². The Kier molecular flexibility index (Phi) is 4.82. The van der Waals surface area contributed by atoms with Crippen LogP contribution in [0.3, 0.4) is 0 Å². The van der Waals surface area contributed by atoms with E-state index in [1.165, 1.54) is 0 Å². The number of hydrogen-bond donors (Lipinski definition) is 1. The summed E-state index contributed by atoms with van der Waals surface area (Å²) in [6.07, 6.45) is 1.73. The van der Waals surface area contributed by atoms with Gasteiger partial charge in [0.2, 0.25) is 0 Å². The van der Waals surface area contributed by atoms with Crippen molar-refractivity contribution in [3.05, 3.63) is 28.2 Å². The average molecular weight is 327 g/mol. The molecule has 1 aromatic rings. The molecule has 1 saturated heterocycles. The van der Waals surface area contributed by atoms with E-state index in [2.05, 4.69) is 15.9 Å². The van der Waals surface area contributed by atoms with Gasteiger partial charge < -0.3 is 15.4 Å². The number of rotatable bonds is 4. The molecule has 104 valence electrons. The summed E-state index contributed by atoms with van der Waals surface area (Å²) in [5.41, 5.74) is 6.62. The number of nitrogens with two attached hydrogens (primary N) is 1. The van der Waals surface area contributed by atoms with E-state index in [-0.39, 0.29) is 5.91 Å². The summed E-state index contributed by atoms with van der Waals surface area (Å²) in [7, 11) is 0. The zero-order valence-corrected chi connectivity index (χ0v) is 12.6. The summed E-state index contributed by atoms with van der Waals surface area (Å²) < 4.78 is 6.68. The largest absolute Gasteiger partial charge is 0.481 e. The zero-order valence-electron chi connectivity index (χ0n) is 11.1. The maximum atomic E-state index is 12.1. The van der Waals surface area contributed by atoms with Gasteiger partial charge in [-0.3, -0.25) is 4.79 Å². The third-order valence-electron chi connectivity index (χ3n) is 3.32. The second kappa shape index (κ2) is 6.39. The standard InChI is InChI=1S/C14H19BrN2O2/c1-10(14(18)17-6-2-3-7-17)19-12-4-5-13(15)11(8-12)9-16/h4-5,8,10H,2-3,6-7,9,16H2,1H3. The molecule has 1 fully saturated rings. The molecule has 0 saturated carbocycles. The molecule has 0 aromatic heterocycles. The fraction of sp³-hybridized carbons (Fsp3) is 0.500. The van der Waals surface area contributed by atoms with E-state index in [9.17, 15) is 4.79 Å². The highest BCUT2D eigenvalue weighted by Crippen LogP contribution is 2.23. The molecule has 1 unspecified atom stereocenters. The van der Waals surface area contributed by atoms with Crippen LogP contribution < -0.4 is 10.5 Å². The van der Waals surface area contributed by atoms with E-state index in [0.717, 1.165) is 36.0 Å². The van der Waals surface area contributed by atoms with Gasteiger partial charge in [0.15, 0.2) is 6.10 Å². The van der Waals surface area contributed by atoms with Crippen LogP contribution >= 0.6 is 15.9 Å². The number of benzene rings is 1. The Balaban J connectivity index is 2.01. The Bertz CT molecular complexity index is 459. The second-order valence-electron chi connectivity index (χ2n) is 4.75. The van der Waals surface area contributed by atoms with Crippen molar-refractivity contribution in [2.75, 3.05) is 13.1 Å². The van der Waals surface area contributed by atoms with Gasteiger partial charge in [0.05, 0.1) is 0 Å². The number of ether oxygens (including phenoxy) is 1. The molecule has 0 bridgehead atoms. The van der Waals surface area contributed by atoms with Gasteiger partial charge >= 0.3 is 0 Å². The predicted molar refractivity (Wildman–Crippen MR) is 77.9 cm³/mol. The SMILES string of the molecule is CC(Oc1ccc(Br)c(CN)c1)C(=O)N1CCCC1. The van der Waals surface area contributed by atoms with Crippen LogP contribution in [0.15, 0.2) is 22.7 Å². The average Bonchev–Trinajstić information content (AvgIpc) is 2.94. The van der Waals surface area contributed by atoms with Crippen LogP contribution in [-0.4, -0.2) is 30.0 Å². The molecule has 19 heavy (non-hydrogen) atoms. The number of nitrogens with zero attached hydrogens (tertiary/aromatic N) is 1. The van der Waals surface area contributed by atoms with Gasteiger partial charge in [-0.05, 0) is 43.5 Å². The van der Waals surface area contributed by atoms with E-state index in [4.69, 9.17) is 10.5 Å². The first kappa shape index (κ1) is 14.3. The Labute approximate surface area is 122 Å². The topological polar surface area (TPSA) is 55.6 Å². The maximum Gasteiger partial charge on any atom is 0.263 e. The number of amides is 1. The Morgan fingerprint density at radius 1 is 1.47 bits per heavy atom. The number of likely N-dealkylation sites (tertiary alicyclic amines) is 1. The molecule has 1 heterocycles. The van der Waals surface area contributed by atoms with Crippen molar-refractivity contribution in [2.45, 2.75) is 32.4 Å². The minimum absolute atomic E-state index is 0.0646. The fourth-order valence-corrected chi connectivity index (χ4v) is 2.64. The Morgan fingerprint density at radius 2 is 2.16 bits per heavy atom. The molecule has 2 rings (SSSR count). The summed E-state index contributed by atoms with van der Waals surface area (Å²) in [6.45, 7) is 3.93. The van der Waals surface area contributed by atoms with E-state index in [1.807, 2.05) is 23.1 Å². The predicted octanol–water partition coefficient (Wildman–Crippen LogP) is 2.30. The second-order valence-corrected chi connectivity index (χ2v) is 5.60. The summed E-state index contributed by atoms with van der Waals surface area (Å²) >= 11 is 3.43. The molecule has 1 amide bonds. The third kappa shape index (κ3) is 3.48. The van der Waals surface area contributed by atoms with Crippen LogP contribution in [0.4, 0.5) is 0 Å². The molecular formula is C14H19BrN2O2. The van der Waals surface area contributed by atoms with E-state index in [0.29, 0.717) is 12.3 Å². The first-order valence-electron chi connectivity index (χ1n) is 6.55. The van der Waals surface area contributed by atoms with Crippen LogP contribution in [0, 0.1) is 0 Å². The van der Waals surface area contributed by atoms with Crippen LogP contribution in [0.5, 0.6) is 5.75 Å². The van der Waals surface area contributed by atoms with Gasteiger partial charge in [0, 0.05) is 24.1 Å². The van der Waals surface area contributed by atoms with E-state index >= 15 is 0 Å². The van der Waals surface area contributed by atoms with Crippen LogP contribution in [0.1, 0.15) is 25.3 Å². The molecule has 4 nitrogen and oxygen atoms in total. The molecule has 0 radical (unpaired) electrons. The molecular weight excluding hydrogens is 308 g/mol. The monoisotopic (exact) mass is 326 g/mol. The molecule has 1 aliphatic heterocycles. The lowest BCUT2D eigenvalue weighted by Gasteiger charge is -2.21. The highest BCUT2D eigenvalue weighted by molar-refractivity contribution is 9.10. The maximum absolute atomic E-state index is 12.1. The summed E-state index contributed by atoms with van der Waals surface area (Å²) in [5, 5.41) is 0. The first-order valence-corrected chi connectivity index (χ1v) is 7.35. The van der Waals surface area contributed by atoms with Gasteiger partial charge in [0.25, 0.3) is 5.91 Å². The van der Waals surface area contributed by atoms with Gasteiger partial charge in [-0.2, -0.15) is 0 Å². The summed E-state index contributed by atoms with van der Waals surface area (Å²) in [4.78, 5) is 14.0. The summed E-state index contributed by atoms with van der Waals surface area (Å²) in [6, 6.07) is 5.61. The minimum atomic E-state index is -0.454. The normalized spacial score (nSPS) is 16.5.